The van der Waals surface area contributed by atoms with Crippen molar-refractivity contribution in [2.75, 3.05) is 46.4 Å². The van der Waals surface area contributed by atoms with Gasteiger partial charge >= 0.3 is 12.1 Å². The van der Waals surface area contributed by atoms with Gasteiger partial charge in [0.05, 0.1) is 58.5 Å². The number of hydrogen-bond acceptors (Lipinski definition) is 8. The third-order valence-electron chi connectivity index (χ3n) is 11.4. The molecule has 1 aliphatic carbocycles. The summed E-state index contributed by atoms with van der Waals surface area (Å²) in [5.74, 6) is 2.79. The van der Waals surface area contributed by atoms with Gasteiger partial charge in [0.2, 0.25) is 0 Å². The minimum atomic E-state index is -1.83. The van der Waals surface area contributed by atoms with E-state index in [2.05, 4.69) is 81.2 Å². The van der Waals surface area contributed by atoms with E-state index < -0.39 is 6.16 Å². The largest absolute Gasteiger partial charge is 0.507 e. The molecule has 2 atom stereocenters. The number of fused-ring (bicyclic) bond motifs is 1. The number of aromatic hydroxyl groups is 2. The number of para-hydroxylation sites is 1. The molecule has 0 aromatic heterocycles. The molecule has 0 amide bonds. The van der Waals surface area contributed by atoms with E-state index in [1.165, 1.54) is 24.4 Å². The second kappa shape index (κ2) is 20.6. The van der Waals surface area contributed by atoms with Crippen LogP contribution in [-0.2, 0) is 28.2 Å². The zero-order valence-corrected chi connectivity index (χ0v) is 37.6. The fourth-order valence-corrected chi connectivity index (χ4v) is 8.24. The van der Waals surface area contributed by atoms with Gasteiger partial charge in [0, 0.05) is 71.3 Å². The van der Waals surface area contributed by atoms with Crippen LogP contribution in [0.5, 0.6) is 17.2 Å². The number of hydrogen-bond donors (Lipinski definition) is 4. The first-order chi connectivity index (χ1) is 27.4. The normalized spacial score (nSPS) is 18.6. The van der Waals surface area contributed by atoms with E-state index in [1.807, 2.05) is 49.7 Å². The Morgan fingerprint density at radius 3 is 2.08 bits per heavy atom. The van der Waals surface area contributed by atoms with Crippen molar-refractivity contribution in [3.8, 4) is 28.4 Å². The number of guanidine groups is 1. The van der Waals surface area contributed by atoms with Crippen molar-refractivity contribution in [1.29, 1.82) is 0 Å². The number of carbonyl (C=O) groups is 1. The van der Waals surface area contributed by atoms with Crippen LogP contribution in [0.4, 0.5) is 4.79 Å². The molecule has 320 valence electrons. The summed E-state index contributed by atoms with van der Waals surface area (Å²) in [7, 11) is 2.22. The number of nitrogens with zero attached hydrogens (tertiary/aromatic N) is 5. The standard InChI is InChI=1S/C46H63N5O3.CH2O3.Cr/c1-32-26-33(37-16-9-12-19-41(37)54-25-15-24-51-23-14-22-50-21-13-20-49(8)44(50)51)27-34(42(32)52)30-47-39-17-10-11-18-40(39)48-31-35-28-36(45(2,3)4)29-38(43(35)53)46(5,6)7;2-1(3)4;/h9,12,16,19,26-31,39-40H,10-11,13-15,17-18,20-25H2,1-8H3,(H-,47,48,52,53);(H2,2,3,4);/p+1. The van der Waals surface area contributed by atoms with E-state index >= 15 is 0 Å². The number of phenols is 2. The van der Waals surface area contributed by atoms with E-state index in [1.54, 1.807) is 0 Å². The van der Waals surface area contributed by atoms with Gasteiger partial charge in [0.15, 0.2) is 0 Å². The third-order valence-corrected chi connectivity index (χ3v) is 11.4. The number of ether oxygens (including phenoxy) is 1. The average Bonchev–Trinajstić information content (AvgIpc) is 3.16. The van der Waals surface area contributed by atoms with Crippen LogP contribution in [-0.4, -0.2) is 118 Å². The third kappa shape index (κ3) is 12.5. The van der Waals surface area contributed by atoms with Crippen molar-refractivity contribution >= 4 is 24.5 Å². The SMILES string of the molecule is Cc1cc(-c2ccccc2OCCCN2CCCN3CCC[N+](C)=C23)cc(C=NC2CCCCC2N=Cc2cc(C(C)(C)C)cc(C(C)(C)C)c2O)c1O.O=C(O)O.[Cr]. The molecular weight excluding hydrogens is 783 g/mol. The van der Waals surface area contributed by atoms with Gasteiger partial charge in [-0.25, -0.2) is 4.79 Å². The molecule has 59 heavy (non-hydrogen) atoms. The van der Waals surface area contributed by atoms with Crippen LogP contribution in [0, 0.1) is 6.92 Å². The van der Waals surface area contributed by atoms with Crippen LogP contribution < -0.4 is 4.74 Å². The van der Waals surface area contributed by atoms with Crippen LogP contribution in [0.25, 0.3) is 11.1 Å². The Balaban J connectivity index is 0.00000147. The molecule has 0 spiro atoms. The summed E-state index contributed by atoms with van der Waals surface area (Å²) in [5, 5.41) is 36.5. The molecule has 12 heteroatoms. The minimum Gasteiger partial charge on any atom is -0.507 e. The quantitative estimate of drug-likeness (QED) is 0.0901. The summed E-state index contributed by atoms with van der Waals surface area (Å²) in [5.41, 5.74) is 6.12. The summed E-state index contributed by atoms with van der Waals surface area (Å²) >= 11 is 0. The number of rotatable bonds is 10. The monoisotopic (exact) mass is 848 g/mol. The number of phenolic OH excluding ortho intramolecular Hbond substituents is 2. The molecule has 2 fully saturated rings. The predicted molar refractivity (Wildman–Crippen MR) is 234 cm³/mol. The van der Waals surface area contributed by atoms with Crippen LogP contribution in [0.2, 0.25) is 0 Å². The molecular formula is C47H66CrN5O6+. The Morgan fingerprint density at radius 1 is 0.847 bits per heavy atom. The van der Waals surface area contributed by atoms with Gasteiger partial charge in [-0.05, 0) is 71.6 Å². The maximum atomic E-state index is 11.4. The fraction of sp³-hybridized carbons (Fsp3) is 0.532. The first kappa shape index (κ1) is 47.2. The fourth-order valence-electron chi connectivity index (χ4n) is 8.24. The summed E-state index contributed by atoms with van der Waals surface area (Å²) < 4.78 is 8.87. The Hall–Kier alpha value is -4.53. The molecule has 2 heterocycles. The minimum absolute atomic E-state index is 0. The molecule has 2 aliphatic heterocycles. The second-order valence-electron chi connectivity index (χ2n) is 18.1. The van der Waals surface area contributed by atoms with Crippen molar-refractivity contribution in [2.45, 2.75) is 116 Å². The maximum Gasteiger partial charge on any atom is 0.503 e. The van der Waals surface area contributed by atoms with Gasteiger partial charge in [0.1, 0.15) is 17.2 Å². The van der Waals surface area contributed by atoms with Crippen molar-refractivity contribution in [2.24, 2.45) is 9.98 Å². The van der Waals surface area contributed by atoms with E-state index in [9.17, 15) is 10.2 Å². The first-order valence-corrected chi connectivity index (χ1v) is 20.9. The van der Waals surface area contributed by atoms with Gasteiger partial charge in [-0.2, -0.15) is 0 Å². The first-order valence-electron chi connectivity index (χ1n) is 20.9. The number of benzene rings is 3. The zero-order valence-electron chi connectivity index (χ0n) is 36.4. The van der Waals surface area contributed by atoms with E-state index in [0.717, 1.165) is 98.4 Å². The van der Waals surface area contributed by atoms with Crippen molar-refractivity contribution in [1.82, 2.24) is 9.80 Å². The summed E-state index contributed by atoms with van der Waals surface area (Å²) in [4.78, 5) is 23.8. The van der Waals surface area contributed by atoms with Gasteiger partial charge < -0.3 is 25.2 Å². The molecule has 4 N–H and O–H groups in total. The van der Waals surface area contributed by atoms with E-state index in [4.69, 9.17) is 29.7 Å². The van der Waals surface area contributed by atoms with Crippen LogP contribution >= 0.6 is 0 Å². The van der Waals surface area contributed by atoms with E-state index in [0.29, 0.717) is 17.9 Å². The Labute approximate surface area is 362 Å². The zero-order chi connectivity index (χ0) is 42.2. The molecule has 1 saturated heterocycles. The van der Waals surface area contributed by atoms with Crippen molar-refractivity contribution in [3.63, 3.8) is 0 Å². The van der Waals surface area contributed by atoms with Gasteiger partial charge in [-0.15, -0.1) is 0 Å². The average molecular weight is 849 g/mol. The molecule has 3 aliphatic rings. The number of carboxylic acid groups (broad SMARTS) is 2. The molecule has 3 aromatic carbocycles. The van der Waals surface area contributed by atoms with Crippen molar-refractivity contribution < 1.29 is 51.9 Å². The molecule has 6 rings (SSSR count). The molecule has 11 nitrogen and oxygen atoms in total. The van der Waals surface area contributed by atoms with Gasteiger partial charge in [-0.1, -0.05) is 78.6 Å². The van der Waals surface area contributed by atoms with Crippen LogP contribution in [0.15, 0.2) is 58.5 Å². The number of aryl methyl sites for hydroxylation is 1. The van der Waals surface area contributed by atoms with Gasteiger partial charge in [-0.3, -0.25) is 24.4 Å². The topological polar surface area (TPSA) is 141 Å². The maximum absolute atomic E-state index is 11.4. The molecule has 2 unspecified atom stereocenters. The molecule has 0 bridgehead atoms. The number of aliphatic imine (C=N–C) groups is 2. The Morgan fingerprint density at radius 2 is 1.46 bits per heavy atom. The summed E-state index contributed by atoms with van der Waals surface area (Å²) in [6.07, 6.45) is 9.30. The Bertz CT molecular complexity index is 2000. The van der Waals surface area contributed by atoms with Crippen LogP contribution in [0.3, 0.4) is 0 Å². The molecule has 0 radical (unpaired) electrons. The predicted octanol–water partition coefficient (Wildman–Crippen LogP) is 8.92. The van der Waals surface area contributed by atoms with E-state index in [-0.39, 0.29) is 46.0 Å². The van der Waals surface area contributed by atoms with Crippen molar-refractivity contribution in [3.05, 3.63) is 76.3 Å². The van der Waals surface area contributed by atoms with Crippen LogP contribution in [0.1, 0.15) is 114 Å². The summed E-state index contributed by atoms with van der Waals surface area (Å²) in [6, 6.07) is 16.5. The summed E-state index contributed by atoms with van der Waals surface area (Å²) in [6.45, 7) is 21.1. The second-order valence-corrected chi connectivity index (χ2v) is 18.1. The molecule has 3 aromatic rings. The molecule has 1 saturated carbocycles. The smallest absolute Gasteiger partial charge is 0.503 e. The Kier molecular flexibility index (Phi) is 16.5. The van der Waals surface area contributed by atoms with Gasteiger partial charge in [0.25, 0.3) is 0 Å².